The Hall–Kier alpha value is -3.85. The smallest absolute Gasteiger partial charge is 0.272 e. The molecule has 0 bridgehead atoms. The minimum atomic E-state index is -0.346. The van der Waals surface area contributed by atoms with Crippen LogP contribution in [0.1, 0.15) is 5.69 Å². The number of rotatable bonds is 4. The van der Waals surface area contributed by atoms with Crippen molar-refractivity contribution in [1.82, 2.24) is 19.6 Å². The number of hydrogen-bond acceptors (Lipinski definition) is 5. The van der Waals surface area contributed by atoms with E-state index in [-0.39, 0.29) is 23.7 Å². The molecule has 3 aromatic heterocycles. The van der Waals surface area contributed by atoms with Crippen molar-refractivity contribution in [2.24, 2.45) is 0 Å². The molecule has 0 unspecified atom stereocenters. The van der Waals surface area contributed by atoms with E-state index in [0.29, 0.717) is 38.5 Å². The molecule has 148 valence electrons. The van der Waals surface area contributed by atoms with Crippen LogP contribution in [0.4, 0.5) is 10.2 Å². The molecular weight excluding hydrogens is 405 g/mol. The molecule has 9 heteroatoms. The van der Waals surface area contributed by atoms with Gasteiger partial charge in [0.25, 0.3) is 5.56 Å². The van der Waals surface area contributed by atoms with Crippen molar-refractivity contribution in [2.45, 2.75) is 6.42 Å². The number of benzene rings is 2. The summed E-state index contributed by atoms with van der Waals surface area (Å²) >= 11 is 1.43. The summed E-state index contributed by atoms with van der Waals surface area (Å²) in [6.07, 6.45) is 1.78. The fourth-order valence-electron chi connectivity index (χ4n) is 3.35. The molecule has 7 nitrogen and oxygen atoms in total. The standard InChI is InChI=1S/C21H14FN5O2S/c22-13-7-5-12(6-8-13)18-19(27-9-10-30-21(27)24-18)23-17(28)11-16-14-3-1-2-4-15(14)20(29)26-25-16/h1-10H,11H2,(H,23,28)(H,26,29). The van der Waals surface area contributed by atoms with Gasteiger partial charge in [-0.3, -0.25) is 14.0 Å². The molecule has 0 radical (unpaired) electrons. The summed E-state index contributed by atoms with van der Waals surface area (Å²) < 4.78 is 15.1. The second-order valence-corrected chi connectivity index (χ2v) is 7.51. The number of thiazole rings is 1. The van der Waals surface area contributed by atoms with Crippen LogP contribution < -0.4 is 10.9 Å². The van der Waals surface area contributed by atoms with Gasteiger partial charge in [0.05, 0.1) is 17.5 Å². The van der Waals surface area contributed by atoms with Crippen molar-refractivity contribution < 1.29 is 9.18 Å². The number of imidazole rings is 1. The number of carbonyl (C=O) groups excluding carboxylic acids is 1. The molecule has 0 aliphatic heterocycles. The molecule has 0 saturated carbocycles. The van der Waals surface area contributed by atoms with Gasteiger partial charge in [0, 0.05) is 22.5 Å². The van der Waals surface area contributed by atoms with E-state index >= 15 is 0 Å². The molecule has 0 aliphatic rings. The number of amides is 1. The molecule has 2 N–H and O–H groups in total. The summed E-state index contributed by atoms with van der Waals surface area (Å²) in [4.78, 5) is 30.1. The lowest BCUT2D eigenvalue weighted by molar-refractivity contribution is -0.115. The Kier molecular flexibility index (Phi) is 4.36. The first-order chi connectivity index (χ1) is 14.6. The quantitative estimate of drug-likeness (QED) is 0.465. The van der Waals surface area contributed by atoms with E-state index in [2.05, 4.69) is 20.5 Å². The van der Waals surface area contributed by atoms with Gasteiger partial charge in [-0.2, -0.15) is 5.10 Å². The first-order valence-electron chi connectivity index (χ1n) is 9.08. The van der Waals surface area contributed by atoms with E-state index < -0.39 is 0 Å². The van der Waals surface area contributed by atoms with Gasteiger partial charge in [-0.15, -0.1) is 11.3 Å². The Labute approximate surface area is 172 Å². The summed E-state index contributed by atoms with van der Waals surface area (Å²) in [7, 11) is 0. The van der Waals surface area contributed by atoms with Crippen molar-refractivity contribution >= 4 is 38.8 Å². The zero-order valence-corrected chi connectivity index (χ0v) is 16.2. The lowest BCUT2D eigenvalue weighted by atomic mass is 10.1. The van der Waals surface area contributed by atoms with E-state index in [1.54, 1.807) is 40.8 Å². The zero-order chi connectivity index (χ0) is 20.7. The van der Waals surface area contributed by atoms with Crippen molar-refractivity contribution in [2.75, 3.05) is 5.32 Å². The predicted molar refractivity (Wildman–Crippen MR) is 113 cm³/mol. The van der Waals surface area contributed by atoms with Gasteiger partial charge in [-0.1, -0.05) is 18.2 Å². The Balaban J connectivity index is 1.50. The number of halogens is 1. The zero-order valence-electron chi connectivity index (χ0n) is 15.4. The van der Waals surface area contributed by atoms with Crippen LogP contribution in [0.2, 0.25) is 0 Å². The SMILES string of the molecule is O=C(Cc1n[nH]c(=O)c2ccccc12)Nc1c(-c2ccc(F)cc2)nc2sccn12. The highest BCUT2D eigenvalue weighted by molar-refractivity contribution is 7.15. The number of nitrogens with zero attached hydrogens (tertiary/aromatic N) is 3. The van der Waals surface area contributed by atoms with Gasteiger partial charge in [0.1, 0.15) is 17.3 Å². The average molecular weight is 419 g/mol. The summed E-state index contributed by atoms with van der Waals surface area (Å²) in [5, 5.41) is 12.4. The third-order valence-electron chi connectivity index (χ3n) is 4.74. The highest BCUT2D eigenvalue weighted by Gasteiger charge is 2.18. The van der Waals surface area contributed by atoms with E-state index in [9.17, 15) is 14.0 Å². The Bertz CT molecular complexity index is 1450. The minimum absolute atomic E-state index is 0.0302. The van der Waals surface area contributed by atoms with Crippen LogP contribution in [0, 0.1) is 5.82 Å². The summed E-state index contributed by atoms with van der Waals surface area (Å²) in [6.45, 7) is 0. The van der Waals surface area contributed by atoms with E-state index in [4.69, 9.17) is 0 Å². The second-order valence-electron chi connectivity index (χ2n) is 6.64. The lowest BCUT2D eigenvalue weighted by Gasteiger charge is -2.08. The molecule has 5 aromatic rings. The third kappa shape index (κ3) is 3.15. The third-order valence-corrected chi connectivity index (χ3v) is 5.50. The van der Waals surface area contributed by atoms with Crippen molar-refractivity contribution in [1.29, 1.82) is 0 Å². The van der Waals surface area contributed by atoms with E-state index in [0.717, 1.165) is 0 Å². The first kappa shape index (κ1) is 18.2. The Morgan fingerprint density at radius 2 is 1.90 bits per heavy atom. The van der Waals surface area contributed by atoms with Gasteiger partial charge in [-0.05, 0) is 30.3 Å². The average Bonchev–Trinajstić information content (AvgIpc) is 3.34. The van der Waals surface area contributed by atoms with Gasteiger partial charge in [0.2, 0.25) is 5.91 Å². The largest absolute Gasteiger partial charge is 0.310 e. The van der Waals surface area contributed by atoms with Crippen LogP contribution in [0.5, 0.6) is 0 Å². The van der Waals surface area contributed by atoms with Gasteiger partial charge in [0.15, 0.2) is 4.96 Å². The Morgan fingerprint density at radius 1 is 1.13 bits per heavy atom. The van der Waals surface area contributed by atoms with Crippen LogP contribution in [-0.4, -0.2) is 25.5 Å². The molecular formula is C21H14FN5O2S. The number of fused-ring (bicyclic) bond motifs is 2. The summed E-state index contributed by atoms with van der Waals surface area (Å²) in [6, 6.07) is 13.0. The molecule has 30 heavy (non-hydrogen) atoms. The molecule has 3 heterocycles. The maximum atomic E-state index is 13.3. The fourth-order valence-corrected chi connectivity index (χ4v) is 4.06. The molecule has 0 spiro atoms. The number of anilines is 1. The molecule has 1 amide bonds. The number of aromatic nitrogens is 4. The minimum Gasteiger partial charge on any atom is -0.310 e. The second kappa shape index (κ2) is 7.20. The molecule has 2 aromatic carbocycles. The number of aromatic amines is 1. The van der Waals surface area contributed by atoms with E-state index in [1.807, 2.05) is 11.6 Å². The molecule has 5 rings (SSSR count). The maximum absolute atomic E-state index is 13.3. The normalized spacial score (nSPS) is 11.2. The highest BCUT2D eigenvalue weighted by atomic mass is 32.1. The van der Waals surface area contributed by atoms with Gasteiger partial charge >= 0.3 is 0 Å². The number of H-pyrrole nitrogens is 1. The van der Waals surface area contributed by atoms with Crippen LogP contribution in [-0.2, 0) is 11.2 Å². The first-order valence-corrected chi connectivity index (χ1v) is 9.96. The summed E-state index contributed by atoms with van der Waals surface area (Å²) in [5.41, 5.74) is 1.41. The highest BCUT2D eigenvalue weighted by Crippen LogP contribution is 2.31. The van der Waals surface area contributed by atoms with Gasteiger partial charge in [-0.25, -0.2) is 14.5 Å². The molecule has 0 saturated heterocycles. The molecule has 0 atom stereocenters. The maximum Gasteiger partial charge on any atom is 0.272 e. The predicted octanol–water partition coefficient (Wildman–Crippen LogP) is 3.62. The lowest BCUT2D eigenvalue weighted by Crippen LogP contribution is -2.19. The number of nitrogens with one attached hydrogen (secondary N) is 2. The van der Waals surface area contributed by atoms with Gasteiger partial charge < -0.3 is 5.32 Å². The summed E-state index contributed by atoms with van der Waals surface area (Å²) in [5.74, 6) is -0.158. The number of carbonyl (C=O) groups is 1. The van der Waals surface area contributed by atoms with Crippen molar-refractivity contribution in [3.05, 3.63) is 82.0 Å². The Morgan fingerprint density at radius 3 is 2.70 bits per heavy atom. The molecule has 0 aliphatic carbocycles. The van der Waals surface area contributed by atoms with Crippen LogP contribution in [0.25, 0.3) is 27.0 Å². The van der Waals surface area contributed by atoms with Crippen molar-refractivity contribution in [3.63, 3.8) is 0 Å². The number of hydrogen-bond donors (Lipinski definition) is 2. The fraction of sp³-hybridized carbons (Fsp3) is 0.0476. The van der Waals surface area contributed by atoms with Crippen LogP contribution in [0.3, 0.4) is 0 Å². The van der Waals surface area contributed by atoms with Crippen LogP contribution >= 0.6 is 11.3 Å². The van der Waals surface area contributed by atoms with Crippen molar-refractivity contribution in [3.8, 4) is 11.3 Å². The molecule has 0 fully saturated rings. The van der Waals surface area contributed by atoms with E-state index in [1.165, 1.54) is 23.5 Å². The van der Waals surface area contributed by atoms with Crippen LogP contribution in [0.15, 0.2) is 64.9 Å². The monoisotopic (exact) mass is 419 g/mol. The topological polar surface area (TPSA) is 92.1 Å².